The molecule has 0 aromatic heterocycles. The van der Waals surface area contributed by atoms with Crippen molar-refractivity contribution >= 4 is 0 Å². The lowest BCUT2D eigenvalue weighted by molar-refractivity contribution is 0.116. The van der Waals surface area contributed by atoms with Crippen molar-refractivity contribution in [3.8, 4) is 5.75 Å². The molecule has 0 aliphatic carbocycles. The SMILES string of the molecule is CCCCCCCCOCc1ccc(CN)c(OC)c1. The second-order valence-corrected chi connectivity index (χ2v) is 5.17. The smallest absolute Gasteiger partial charge is 0.123 e. The van der Waals surface area contributed by atoms with Crippen molar-refractivity contribution in [3.63, 3.8) is 0 Å². The molecule has 3 nitrogen and oxygen atoms in total. The Kier molecular flexibility index (Phi) is 9.09. The predicted molar refractivity (Wildman–Crippen MR) is 83.9 cm³/mol. The molecular weight excluding hydrogens is 250 g/mol. The van der Waals surface area contributed by atoms with E-state index in [0.717, 1.165) is 29.9 Å². The number of benzene rings is 1. The highest BCUT2D eigenvalue weighted by Gasteiger charge is 2.03. The topological polar surface area (TPSA) is 44.5 Å². The first-order chi connectivity index (χ1) is 9.81. The lowest BCUT2D eigenvalue weighted by Gasteiger charge is -2.10. The van der Waals surface area contributed by atoms with Crippen molar-refractivity contribution in [2.75, 3.05) is 13.7 Å². The zero-order chi connectivity index (χ0) is 14.6. The Bertz CT molecular complexity index is 366. The molecule has 0 saturated heterocycles. The number of hydrogen-bond acceptors (Lipinski definition) is 3. The van der Waals surface area contributed by atoms with Gasteiger partial charge in [0.25, 0.3) is 0 Å². The molecule has 0 unspecified atom stereocenters. The van der Waals surface area contributed by atoms with Crippen LogP contribution in [0.5, 0.6) is 5.75 Å². The average Bonchev–Trinajstić information content (AvgIpc) is 2.49. The number of methoxy groups -OCH3 is 1. The molecule has 0 amide bonds. The molecule has 1 aromatic carbocycles. The van der Waals surface area contributed by atoms with Gasteiger partial charge in [-0.3, -0.25) is 0 Å². The largest absolute Gasteiger partial charge is 0.496 e. The summed E-state index contributed by atoms with van der Waals surface area (Å²) in [6.45, 7) is 4.23. The first-order valence-electron chi connectivity index (χ1n) is 7.75. The van der Waals surface area contributed by atoms with Crippen molar-refractivity contribution in [1.29, 1.82) is 0 Å². The summed E-state index contributed by atoms with van der Waals surface area (Å²) in [4.78, 5) is 0. The molecule has 0 saturated carbocycles. The number of hydrogen-bond donors (Lipinski definition) is 1. The maximum atomic E-state index is 5.71. The Hall–Kier alpha value is -1.06. The number of ether oxygens (including phenoxy) is 2. The van der Waals surface area contributed by atoms with Gasteiger partial charge in [0.15, 0.2) is 0 Å². The van der Waals surface area contributed by atoms with Crippen LogP contribution in [0.25, 0.3) is 0 Å². The van der Waals surface area contributed by atoms with E-state index in [0.29, 0.717) is 13.2 Å². The lowest BCUT2D eigenvalue weighted by Crippen LogP contribution is -2.01. The van der Waals surface area contributed by atoms with E-state index in [2.05, 4.69) is 13.0 Å². The van der Waals surface area contributed by atoms with Crippen LogP contribution in [-0.4, -0.2) is 13.7 Å². The summed E-state index contributed by atoms with van der Waals surface area (Å²) < 4.78 is 11.0. The molecule has 114 valence electrons. The molecule has 0 aliphatic rings. The van der Waals surface area contributed by atoms with Crippen LogP contribution < -0.4 is 10.5 Å². The Balaban J connectivity index is 2.18. The molecular formula is C17H29NO2. The molecule has 20 heavy (non-hydrogen) atoms. The fourth-order valence-electron chi connectivity index (χ4n) is 2.22. The maximum absolute atomic E-state index is 5.71. The number of nitrogens with two attached hydrogens (primary N) is 1. The van der Waals surface area contributed by atoms with Gasteiger partial charge in [0.05, 0.1) is 13.7 Å². The minimum atomic E-state index is 0.502. The van der Waals surface area contributed by atoms with Crippen LogP contribution in [0.4, 0.5) is 0 Å². The second-order valence-electron chi connectivity index (χ2n) is 5.17. The monoisotopic (exact) mass is 279 g/mol. The van der Waals surface area contributed by atoms with Gasteiger partial charge in [0, 0.05) is 18.7 Å². The number of rotatable bonds is 11. The van der Waals surface area contributed by atoms with Crippen molar-refractivity contribution in [2.24, 2.45) is 5.73 Å². The predicted octanol–water partition coefficient (Wildman–Crippen LogP) is 4.03. The van der Waals surface area contributed by atoms with Gasteiger partial charge in [-0.25, -0.2) is 0 Å². The van der Waals surface area contributed by atoms with Crippen LogP contribution in [-0.2, 0) is 17.9 Å². The lowest BCUT2D eigenvalue weighted by atomic mass is 10.1. The first-order valence-corrected chi connectivity index (χ1v) is 7.75. The molecule has 1 rings (SSSR count). The number of unbranched alkanes of at least 4 members (excludes halogenated alkanes) is 5. The fraction of sp³-hybridized carbons (Fsp3) is 0.647. The summed E-state index contributed by atoms with van der Waals surface area (Å²) in [6, 6.07) is 6.09. The van der Waals surface area contributed by atoms with E-state index in [9.17, 15) is 0 Å². The molecule has 3 heteroatoms. The average molecular weight is 279 g/mol. The molecule has 2 N–H and O–H groups in total. The second kappa shape index (κ2) is 10.7. The van der Waals surface area contributed by atoms with E-state index >= 15 is 0 Å². The Morgan fingerprint density at radius 2 is 1.80 bits per heavy atom. The molecule has 0 radical (unpaired) electrons. The van der Waals surface area contributed by atoms with Crippen molar-refractivity contribution in [1.82, 2.24) is 0 Å². The van der Waals surface area contributed by atoms with E-state index in [1.165, 1.54) is 32.1 Å². The third kappa shape index (κ3) is 6.40. The van der Waals surface area contributed by atoms with E-state index in [1.807, 2.05) is 12.1 Å². The normalized spacial score (nSPS) is 10.8. The highest BCUT2D eigenvalue weighted by Crippen LogP contribution is 2.20. The summed E-state index contributed by atoms with van der Waals surface area (Å²) in [5.41, 5.74) is 7.83. The van der Waals surface area contributed by atoms with Crippen LogP contribution in [0.3, 0.4) is 0 Å². The van der Waals surface area contributed by atoms with Crippen molar-refractivity contribution < 1.29 is 9.47 Å². The van der Waals surface area contributed by atoms with E-state index < -0.39 is 0 Å². The molecule has 0 spiro atoms. The van der Waals surface area contributed by atoms with Crippen LogP contribution in [0.15, 0.2) is 18.2 Å². The molecule has 1 aromatic rings. The summed E-state index contributed by atoms with van der Waals surface area (Å²) in [6.07, 6.45) is 7.77. The standard InChI is InChI=1S/C17H29NO2/c1-3-4-5-6-7-8-11-20-14-15-9-10-16(13-18)17(12-15)19-2/h9-10,12H,3-8,11,13-14,18H2,1-2H3. The van der Waals surface area contributed by atoms with Gasteiger partial charge in [-0.1, -0.05) is 51.2 Å². The highest BCUT2D eigenvalue weighted by molar-refractivity contribution is 5.37. The maximum Gasteiger partial charge on any atom is 0.123 e. The molecule has 0 fully saturated rings. The molecule has 0 atom stereocenters. The van der Waals surface area contributed by atoms with Crippen LogP contribution in [0, 0.1) is 0 Å². The fourth-order valence-corrected chi connectivity index (χ4v) is 2.22. The van der Waals surface area contributed by atoms with Crippen LogP contribution >= 0.6 is 0 Å². The van der Waals surface area contributed by atoms with Gasteiger partial charge >= 0.3 is 0 Å². The molecule has 0 heterocycles. The van der Waals surface area contributed by atoms with Gasteiger partial charge in [-0.05, 0) is 18.1 Å². The molecule has 0 aliphatic heterocycles. The van der Waals surface area contributed by atoms with E-state index in [-0.39, 0.29) is 0 Å². The Morgan fingerprint density at radius 1 is 1.05 bits per heavy atom. The van der Waals surface area contributed by atoms with Crippen molar-refractivity contribution in [2.45, 2.75) is 58.6 Å². The summed E-state index contributed by atoms with van der Waals surface area (Å²) in [5, 5.41) is 0. The van der Waals surface area contributed by atoms with Gasteiger partial charge in [-0.15, -0.1) is 0 Å². The Morgan fingerprint density at radius 3 is 2.50 bits per heavy atom. The molecule has 0 bridgehead atoms. The summed E-state index contributed by atoms with van der Waals surface area (Å²) in [5.74, 6) is 0.855. The van der Waals surface area contributed by atoms with Crippen LogP contribution in [0.1, 0.15) is 56.6 Å². The van der Waals surface area contributed by atoms with E-state index in [4.69, 9.17) is 15.2 Å². The van der Waals surface area contributed by atoms with E-state index in [1.54, 1.807) is 7.11 Å². The zero-order valence-corrected chi connectivity index (χ0v) is 13.0. The van der Waals surface area contributed by atoms with Gasteiger partial charge in [0.2, 0.25) is 0 Å². The first kappa shape index (κ1) is 17.0. The minimum Gasteiger partial charge on any atom is -0.496 e. The minimum absolute atomic E-state index is 0.502. The zero-order valence-electron chi connectivity index (χ0n) is 13.0. The van der Waals surface area contributed by atoms with Crippen molar-refractivity contribution in [3.05, 3.63) is 29.3 Å². The van der Waals surface area contributed by atoms with Gasteiger partial charge < -0.3 is 15.2 Å². The quantitative estimate of drug-likeness (QED) is 0.622. The highest BCUT2D eigenvalue weighted by atomic mass is 16.5. The third-order valence-electron chi connectivity index (χ3n) is 3.48. The van der Waals surface area contributed by atoms with Gasteiger partial charge in [-0.2, -0.15) is 0 Å². The van der Waals surface area contributed by atoms with Gasteiger partial charge in [0.1, 0.15) is 5.75 Å². The van der Waals surface area contributed by atoms with Crippen LogP contribution in [0.2, 0.25) is 0 Å². The summed E-state index contributed by atoms with van der Waals surface area (Å²) >= 11 is 0. The third-order valence-corrected chi connectivity index (χ3v) is 3.48. The summed E-state index contributed by atoms with van der Waals surface area (Å²) in [7, 11) is 1.68. The Labute approximate surface area is 123 Å².